The van der Waals surface area contributed by atoms with E-state index in [4.69, 9.17) is 0 Å². The quantitative estimate of drug-likeness (QED) is 0.185. The molecule has 178 valence electrons. The van der Waals surface area contributed by atoms with Crippen molar-refractivity contribution in [1.82, 2.24) is 0 Å². The van der Waals surface area contributed by atoms with Gasteiger partial charge in [-0.2, -0.15) is 10.5 Å². The molecular weight excluding hydrogens is 490 g/mol. The first-order valence-corrected chi connectivity index (χ1v) is 12.6. The second-order valence-corrected chi connectivity index (χ2v) is 9.88. The second-order valence-electron chi connectivity index (χ2n) is 8.79. The standard InChI is InChI=1S/C32H17N3O2S/c33-18-20-5-9-24(10-6-20)35(25-11-7-21(19-34)8-12-25)30-14-13-26(38-30)17-29-31(36)27-15-22-3-1-2-4-23(22)16-28(27)32(29)37/h1-17H. The number of Topliss-reactive ketones (excluding diaryl/α,β-unsaturated/α-hetero) is 2. The first-order valence-electron chi connectivity index (χ1n) is 11.8. The highest BCUT2D eigenvalue weighted by atomic mass is 32.1. The Balaban J connectivity index is 1.39. The number of anilines is 3. The van der Waals surface area contributed by atoms with Gasteiger partial charge in [0.2, 0.25) is 0 Å². The van der Waals surface area contributed by atoms with E-state index in [1.54, 1.807) is 42.5 Å². The second kappa shape index (κ2) is 9.29. The Labute approximate surface area is 222 Å². The first kappa shape index (κ1) is 23.1. The summed E-state index contributed by atoms with van der Waals surface area (Å²) < 4.78 is 0. The van der Waals surface area contributed by atoms with Crippen molar-refractivity contribution in [3.05, 3.63) is 130 Å². The lowest BCUT2D eigenvalue weighted by atomic mass is 10.0. The number of rotatable bonds is 4. The molecule has 0 N–H and O–H groups in total. The van der Waals surface area contributed by atoms with Crippen molar-refractivity contribution in [3.8, 4) is 12.1 Å². The number of nitrogens with zero attached hydrogens (tertiary/aromatic N) is 3. The lowest BCUT2D eigenvalue weighted by Crippen LogP contribution is -2.08. The molecule has 4 aromatic carbocycles. The Morgan fingerprint density at radius 3 is 1.63 bits per heavy atom. The topological polar surface area (TPSA) is 85.0 Å². The fraction of sp³-hybridized carbons (Fsp3) is 0. The van der Waals surface area contributed by atoms with Crippen molar-refractivity contribution in [1.29, 1.82) is 10.5 Å². The number of nitriles is 2. The van der Waals surface area contributed by atoms with Gasteiger partial charge < -0.3 is 4.90 Å². The van der Waals surface area contributed by atoms with Crippen LogP contribution >= 0.6 is 11.3 Å². The zero-order valence-corrected chi connectivity index (χ0v) is 20.7. The van der Waals surface area contributed by atoms with Gasteiger partial charge in [0.05, 0.1) is 28.8 Å². The fourth-order valence-corrected chi connectivity index (χ4v) is 5.59. The molecule has 1 aliphatic carbocycles. The summed E-state index contributed by atoms with van der Waals surface area (Å²) in [7, 11) is 0. The fourth-order valence-electron chi connectivity index (χ4n) is 4.60. The molecule has 5 nitrogen and oxygen atoms in total. The number of carbonyl (C=O) groups excluding carboxylic acids is 2. The number of benzene rings is 4. The van der Waals surface area contributed by atoms with E-state index in [9.17, 15) is 20.1 Å². The van der Waals surface area contributed by atoms with Crippen molar-refractivity contribution in [2.45, 2.75) is 0 Å². The largest absolute Gasteiger partial charge is 0.302 e. The maximum Gasteiger partial charge on any atom is 0.197 e. The van der Waals surface area contributed by atoms with Gasteiger partial charge in [-0.05, 0) is 89.6 Å². The van der Waals surface area contributed by atoms with Gasteiger partial charge in [-0.1, -0.05) is 24.3 Å². The molecule has 6 heteroatoms. The van der Waals surface area contributed by atoms with Crippen molar-refractivity contribution in [3.63, 3.8) is 0 Å². The molecular formula is C32H17N3O2S. The van der Waals surface area contributed by atoms with E-state index < -0.39 is 0 Å². The monoisotopic (exact) mass is 507 g/mol. The van der Waals surface area contributed by atoms with E-state index in [2.05, 4.69) is 12.1 Å². The summed E-state index contributed by atoms with van der Waals surface area (Å²) in [6, 6.07) is 33.8. The Hall–Kier alpha value is -5.30. The molecule has 1 aromatic heterocycles. The minimum absolute atomic E-state index is 0.159. The Kier molecular flexibility index (Phi) is 5.65. The minimum atomic E-state index is -0.262. The molecule has 0 saturated carbocycles. The summed E-state index contributed by atoms with van der Waals surface area (Å²) in [6.07, 6.45) is 1.67. The number of allylic oxidation sites excluding steroid dienone is 1. The Morgan fingerprint density at radius 2 is 1.16 bits per heavy atom. The summed E-state index contributed by atoms with van der Waals surface area (Å²) in [5.41, 5.74) is 3.81. The molecule has 38 heavy (non-hydrogen) atoms. The van der Waals surface area contributed by atoms with Gasteiger partial charge in [-0.3, -0.25) is 9.59 Å². The van der Waals surface area contributed by atoms with E-state index in [0.717, 1.165) is 32.0 Å². The highest BCUT2D eigenvalue weighted by Crippen LogP contribution is 2.40. The number of ketones is 2. The number of fused-ring (bicyclic) bond motifs is 2. The van der Waals surface area contributed by atoms with Crippen LogP contribution in [0.2, 0.25) is 0 Å². The van der Waals surface area contributed by atoms with E-state index in [-0.39, 0.29) is 17.1 Å². The van der Waals surface area contributed by atoms with Crippen molar-refractivity contribution >= 4 is 56.1 Å². The van der Waals surface area contributed by atoms with E-state index >= 15 is 0 Å². The van der Waals surface area contributed by atoms with E-state index in [1.807, 2.05) is 65.6 Å². The number of hydrogen-bond acceptors (Lipinski definition) is 6. The molecule has 0 spiro atoms. The first-order chi connectivity index (χ1) is 18.6. The average molecular weight is 508 g/mol. The van der Waals surface area contributed by atoms with Crippen LogP contribution in [0.3, 0.4) is 0 Å². The molecule has 6 rings (SSSR count). The maximum atomic E-state index is 13.2. The maximum absolute atomic E-state index is 13.2. The SMILES string of the molecule is N#Cc1ccc(N(c2ccc(C#N)cc2)c2ccc(C=C3C(=O)c4cc5ccccc5cc4C3=O)s2)cc1. The summed E-state index contributed by atoms with van der Waals surface area (Å²) in [5.74, 6) is -0.525. The van der Waals surface area contributed by atoms with Crippen LogP contribution in [0.4, 0.5) is 16.4 Å². The molecule has 1 aliphatic rings. The normalized spacial score (nSPS) is 12.2. The number of hydrogen-bond donors (Lipinski definition) is 0. The highest BCUT2D eigenvalue weighted by molar-refractivity contribution is 7.17. The molecule has 0 aliphatic heterocycles. The van der Waals surface area contributed by atoms with Crippen molar-refractivity contribution < 1.29 is 9.59 Å². The van der Waals surface area contributed by atoms with Crippen LogP contribution in [0.1, 0.15) is 36.7 Å². The summed E-state index contributed by atoms with van der Waals surface area (Å²) in [6.45, 7) is 0. The predicted octanol–water partition coefficient (Wildman–Crippen LogP) is 7.58. The molecule has 0 bridgehead atoms. The molecule has 0 fully saturated rings. The predicted molar refractivity (Wildman–Crippen MR) is 149 cm³/mol. The van der Waals surface area contributed by atoms with Crippen LogP contribution in [0.5, 0.6) is 0 Å². The van der Waals surface area contributed by atoms with E-state index in [0.29, 0.717) is 22.3 Å². The number of carbonyl (C=O) groups is 2. The molecule has 1 heterocycles. The van der Waals surface area contributed by atoms with Gasteiger partial charge in [-0.15, -0.1) is 11.3 Å². The zero-order valence-electron chi connectivity index (χ0n) is 19.9. The van der Waals surface area contributed by atoms with Crippen LogP contribution in [0.15, 0.2) is 103 Å². The lowest BCUT2D eigenvalue weighted by Gasteiger charge is -2.23. The lowest BCUT2D eigenvalue weighted by molar-refractivity contribution is 0.0990. The minimum Gasteiger partial charge on any atom is -0.302 e. The van der Waals surface area contributed by atoms with Crippen LogP contribution in [0, 0.1) is 22.7 Å². The van der Waals surface area contributed by atoms with Gasteiger partial charge in [0.15, 0.2) is 11.6 Å². The van der Waals surface area contributed by atoms with Gasteiger partial charge in [0, 0.05) is 27.4 Å². The highest BCUT2D eigenvalue weighted by Gasteiger charge is 2.33. The number of thiophene rings is 1. The van der Waals surface area contributed by atoms with Crippen molar-refractivity contribution in [2.75, 3.05) is 4.90 Å². The smallest absolute Gasteiger partial charge is 0.197 e. The van der Waals surface area contributed by atoms with Crippen molar-refractivity contribution in [2.24, 2.45) is 0 Å². The molecule has 0 atom stereocenters. The van der Waals surface area contributed by atoms with Gasteiger partial charge >= 0.3 is 0 Å². The summed E-state index contributed by atoms with van der Waals surface area (Å²) in [5, 5.41) is 21.1. The van der Waals surface area contributed by atoms with E-state index in [1.165, 1.54) is 11.3 Å². The van der Waals surface area contributed by atoms with Gasteiger partial charge in [0.1, 0.15) is 5.00 Å². The van der Waals surface area contributed by atoms with Crippen LogP contribution in [-0.4, -0.2) is 11.6 Å². The summed E-state index contributed by atoms with van der Waals surface area (Å²) in [4.78, 5) is 29.2. The van der Waals surface area contributed by atoms with Crippen LogP contribution in [0.25, 0.3) is 16.8 Å². The molecule has 5 aromatic rings. The third-order valence-electron chi connectivity index (χ3n) is 6.49. The third-order valence-corrected chi connectivity index (χ3v) is 7.51. The van der Waals surface area contributed by atoms with Gasteiger partial charge in [0.25, 0.3) is 0 Å². The van der Waals surface area contributed by atoms with Crippen LogP contribution in [-0.2, 0) is 0 Å². The Morgan fingerprint density at radius 1 is 0.658 bits per heavy atom. The Bertz CT molecular complexity index is 1750. The molecule has 0 saturated heterocycles. The third kappa shape index (κ3) is 3.96. The molecule has 0 unspecified atom stereocenters. The average Bonchev–Trinajstić information content (AvgIpc) is 3.51. The van der Waals surface area contributed by atoms with Gasteiger partial charge in [-0.25, -0.2) is 0 Å². The molecule has 0 radical (unpaired) electrons. The molecule has 0 amide bonds. The summed E-state index contributed by atoms with van der Waals surface area (Å²) >= 11 is 1.44. The zero-order chi connectivity index (χ0) is 26.2. The van der Waals surface area contributed by atoms with Crippen LogP contribution < -0.4 is 4.90 Å².